The Balaban J connectivity index is 1.80. The lowest BCUT2D eigenvalue weighted by molar-refractivity contribution is -0.112. The summed E-state index contributed by atoms with van der Waals surface area (Å²) >= 11 is 13.1. The summed E-state index contributed by atoms with van der Waals surface area (Å²) in [5.41, 5.74) is 1.02. The first-order valence-electron chi connectivity index (χ1n) is 7.17. The van der Waals surface area contributed by atoms with Crippen LogP contribution < -0.4 is 15.9 Å². The van der Waals surface area contributed by atoms with Gasteiger partial charge < -0.3 is 10.4 Å². The fourth-order valence-corrected chi connectivity index (χ4v) is 3.82. The van der Waals surface area contributed by atoms with Gasteiger partial charge in [-0.15, -0.1) is 0 Å². The molecule has 3 aromatic rings. The van der Waals surface area contributed by atoms with Crippen molar-refractivity contribution in [2.24, 2.45) is 4.99 Å². The van der Waals surface area contributed by atoms with Crippen LogP contribution in [0.3, 0.4) is 0 Å². The molecule has 1 amide bonds. The number of thiazole rings is 1. The van der Waals surface area contributed by atoms with E-state index in [2.05, 4.69) is 15.3 Å². The molecule has 0 saturated heterocycles. The van der Waals surface area contributed by atoms with Crippen molar-refractivity contribution in [2.45, 2.75) is 0 Å². The van der Waals surface area contributed by atoms with Crippen LogP contribution in [0.1, 0.15) is 4.88 Å². The number of aromatic nitrogens is 1. The fraction of sp³-hybridized carbons (Fsp3) is 0. The lowest BCUT2D eigenvalue weighted by Gasteiger charge is -2.01. The minimum absolute atomic E-state index is 0.235. The summed E-state index contributed by atoms with van der Waals surface area (Å²) in [7, 11) is 0. The van der Waals surface area contributed by atoms with Crippen molar-refractivity contribution in [1.82, 2.24) is 4.98 Å². The third-order valence-electron chi connectivity index (χ3n) is 3.58. The second kappa shape index (κ2) is 6.15. The van der Waals surface area contributed by atoms with Gasteiger partial charge in [0.25, 0.3) is 5.91 Å². The van der Waals surface area contributed by atoms with Crippen LogP contribution in [0.2, 0.25) is 10.0 Å². The number of aromatic hydroxyl groups is 1. The number of nitrogens with one attached hydrogen (secondary N) is 1. The van der Waals surface area contributed by atoms with Crippen LogP contribution in [-0.2, 0) is 4.79 Å². The average Bonchev–Trinajstić information content (AvgIpc) is 3.06. The first-order valence-corrected chi connectivity index (χ1v) is 8.74. The van der Waals surface area contributed by atoms with E-state index in [1.807, 2.05) is 6.07 Å². The van der Waals surface area contributed by atoms with Crippen LogP contribution in [0.5, 0.6) is 5.88 Å². The van der Waals surface area contributed by atoms with Crippen molar-refractivity contribution in [3.8, 4) is 5.88 Å². The van der Waals surface area contributed by atoms with E-state index in [0.717, 1.165) is 17.0 Å². The summed E-state index contributed by atoms with van der Waals surface area (Å²) in [5, 5.41) is 15.9. The summed E-state index contributed by atoms with van der Waals surface area (Å²) in [6, 6.07) is 12.1. The second-order valence-electron chi connectivity index (χ2n) is 5.26. The smallest absolute Gasteiger partial charge is 0.279 e. The summed E-state index contributed by atoms with van der Waals surface area (Å²) in [6.45, 7) is 0. The molecule has 4 rings (SSSR count). The van der Waals surface area contributed by atoms with E-state index >= 15 is 0 Å². The van der Waals surface area contributed by atoms with E-state index in [0.29, 0.717) is 36.2 Å². The Bertz CT molecular complexity index is 1140. The maximum Gasteiger partial charge on any atom is 0.279 e. The highest BCUT2D eigenvalue weighted by Crippen LogP contribution is 2.35. The molecule has 0 saturated carbocycles. The number of halogens is 2. The Morgan fingerprint density at radius 1 is 1.08 bits per heavy atom. The molecule has 0 unspecified atom stereocenters. The first-order chi connectivity index (χ1) is 12.0. The van der Waals surface area contributed by atoms with Crippen molar-refractivity contribution < 1.29 is 9.90 Å². The van der Waals surface area contributed by atoms with Crippen LogP contribution in [0.25, 0.3) is 5.57 Å². The van der Waals surface area contributed by atoms with E-state index in [-0.39, 0.29) is 5.88 Å². The predicted octanol–water partition coefficient (Wildman–Crippen LogP) is 3.26. The van der Waals surface area contributed by atoms with Gasteiger partial charge in [-0.2, -0.15) is 4.98 Å². The van der Waals surface area contributed by atoms with E-state index in [9.17, 15) is 9.90 Å². The highest BCUT2D eigenvalue weighted by molar-refractivity contribution is 7.17. The maximum absolute atomic E-state index is 12.3. The molecule has 1 aromatic heterocycles. The van der Waals surface area contributed by atoms with Crippen molar-refractivity contribution in [1.29, 1.82) is 0 Å². The normalized spacial score (nSPS) is 12.9. The predicted molar refractivity (Wildman–Crippen MR) is 98.3 cm³/mol. The van der Waals surface area contributed by atoms with Crippen LogP contribution in [0.4, 0.5) is 10.8 Å². The topological polar surface area (TPSA) is 74.6 Å². The summed E-state index contributed by atoms with van der Waals surface area (Å²) < 4.78 is 0. The second-order valence-corrected chi connectivity index (χ2v) is 7.13. The molecule has 0 spiro atoms. The third-order valence-corrected chi connectivity index (χ3v) is 5.02. The Hall–Kier alpha value is -2.41. The zero-order valence-corrected chi connectivity index (χ0v) is 14.8. The molecule has 0 fully saturated rings. The third kappa shape index (κ3) is 3.00. The Kier molecular flexibility index (Phi) is 3.95. The zero-order valence-electron chi connectivity index (χ0n) is 12.5. The van der Waals surface area contributed by atoms with Crippen LogP contribution >= 0.6 is 34.5 Å². The van der Waals surface area contributed by atoms with Gasteiger partial charge in [0, 0.05) is 21.0 Å². The highest BCUT2D eigenvalue weighted by atomic mass is 35.5. The van der Waals surface area contributed by atoms with E-state index in [1.165, 1.54) is 0 Å². The van der Waals surface area contributed by atoms with Crippen molar-refractivity contribution in [2.75, 3.05) is 5.32 Å². The standard InChI is InChI=1S/C17H9Cl2N3O2S/c18-8-2-1-3-10(6-8)20-17-22-16(24)14(25-17)13-11-7-9(19)4-5-12(11)21-15(13)23/h1-7,24H,(H,20,22). The molecule has 0 aliphatic carbocycles. The molecule has 124 valence electrons. The number of benzene rings is 2. The van der Waals surface area contributed by atoms with Crippen LogP contribution in [0.15, 0.2) is 47.5 Å². The van der Waals surface area contributed by atoms with Gasteiger partial charge in [-0.25, -0.2) is 4.99 Å². The molecule has 1 aliphatic heterocycles. The molecular formula is C17H9Cl2N3O2S. The largest absolute Gasteiger partial charge is 0.492 e. The van der Waals surface area contributed by atoms with Crippen LogP contribution in [-0.4, -0.2) is 16.0 Å². The van der Waals surface area contributed by atoms with E-state index < -0.39 is 5.91 Å². The molecule has 2 N–H and O–H groups in total. The van der Waals surface area contributed by atoms with Gasteiger partial charge in [0.1, 0.15) is 4.88 Å². The minimum atomic E-state index is -0.425. The molecular weight excluding hydrogens is 381 g/mol. The lowest BCUT2D eigenvalue weighted by atomic mass is 10.1. The average molecular weight is 390 g/mol. The molecule has 0 bridgehead atoms. The summed E-state index contributed by atoms with van der Waals surface area (Å²) in [4.78, 5) is 20.7. The van der Waals surface area contributed by atoms with Crippen molar-refractivity contribution >= 4 is 56.8 Å². The van der Waals surface area contributed by atoms with Crippen molar-refractivity contribution in [3.63, 3.8) is 0 Å². The Morgan fingerprint density at radius 3 is 2.68 bits per heavy atom. The number of carbonyl (C=O) groups is 1. The Labute approximate surface area is 155 Å². The van der Waals surface area contributed by atoms with E-state index in [4.69, 9.17) is 23.2 Å². The number of hydrogen-bond acceptors (Lipinski definition) is 5. The number of fused-ring (bicyclic) bond motifs is 1. The molecule has 1 aliphatic rings. The number of nitrogens with zero attached hydrogens (tertiary/aromatic N) is 2. The van der Waals surface area contributed by atoms with Gasteiger partial charge in [-0.05, 0) is 36.4 Å². The van der Waals surface area contributed by atoms with Gasteiger partial charge in [0.05, 0.1) is 10.9 Å². The molecule has 0 atom stereocenters. The lowest BCUT2D eigenvalue weighted by Crippen LogP contribution is -2.22. The molecule has 5 nitrogen and oxygen atoms in total. The van der Waals surface area contributed by atoms with Gasteiger partial charge in [-0.3, -0.25) is 4.79 Å². The molecule has 8 heteroatoms. The quantitative estimate of drug-likeness (QED) is 0.720. The number of anilines is 2. The van der Waals surface area contributed by atoms with E-state index in [1.54, 1.807) is 36.4 Å². The fourth-order valence-electron chi connectivity index (χ4n) is 2.52. The molecule has 2 heterocycles. The van der Waals surface area contributed by atoms with Crippen LogP contribution in [0, 0.1) is 0 Å². The SMILES string of the molecule is O=C1N=c2ccc(Cl)cc2=C1c1sc(Nc2cccc(Cl)c2)nc1O. The molecule has 2 aromatic carbocycles. The zero-order chi connectivity index (χ0) is 17.6. The van der Waals surface area contributed by atoms with Crippen molar-refractivity contribution in [3.05, 3.63) is 68.0 Å². The minimum Gasteiger partial charge on any atom is -0.492 e. The Morgan fingerprint density at radius 2 is 1.88 bits per heavy atom. The maximum atomic E-state index is 12.3. The van der Waals surface area contributed by atoms with Gasteiger partial charge in [0.15, 0.2) is 5.13 Å². The number of rotatable bonds is 3. The monoisotopic (exact) mass is 389 g/mol. The summed E-state index contributed by atoms with van der Waals surface area (Å²) in [6.07, 6.45) is 0. The number of amides is 1. The summed E-state index contributed by atoms with van der Waals surface area (Å²) in [5.74, 6) is -0.661. The highest BCUT2D eigenvalue weighted by Gasteiger charge is 2.25. The number of carbonyl (C=O) groups excluding carboxylic acids is 1. The molecule has 0 radical (unpaired) electrons. The number of hydrogen-bond donors (Lipinski definition) is 2. The first kappa shape index (κ1) is 16.1. The van der Waals surface area contributed by atoms with Gasteiger partial charge in [-0.1, -0.05) is 40.6 Å². The van der Waals surface area contributed by atoms with Gasteiger partial charge >= 0.3 is 0 Å². The van der Waals surface area contributed by atoms with Gasteiger partial charge in [0.2, 0.25) is 5.88 Å². The molecule has 25 heavy (non-hydrogen) atoms.